The second kappa shape index (κ2) is 3.14. The first-order valence-electron chi connectivity index (χ1n) is 3.40. The zero-order valence-electron chi connectivity index (χ0n) is 6.70. The lowest BCUT2D eigenvalue weighted by Crippen LogP contribution is -1.86. The van der Waals surface area contributed by atoms with Gasteiger partial charge in [0.2, 0.25) is 0 Å². The number of benzene rings is 1. The highest BCUT2D eigenvalue weighted by Crippen LogP contribution is 2.25. The van der Waals surface area contributed by atoms with Gasteiger partial charge in [-0.2, -0.15) is 10.2 Å². The van der Waals surface area contributed by atoms with Gasteiger partial charge in [0.25, 0.3) is 0 Å². The maximum absolute atomic E-state index is 5.65. The van der Waals surface area contributed by atoms with Crippen LogP contribution in [0.5, 0.6) is 0 Å². The summed E-state index contributed by atoms with van der Waals surface area (Å²) < 4.78 is 0. The molecule has 0 bridgehead atoms. The molecule has 0 saturated carbocycles. The highest BCUT2D eigenvalue weighted by atomic mass is 15.1. The summed E-state index contributed by atoms with van der Waals surface area (Å²) in [5.74, 6) is 0. The molecule has 3 nitrogen and oxygen atoms in total. The van der Waals surface area contributed by atoms with Crippen LogP contribution in [0.15, 0.2) is 28.4 Å². The van der Waals surface area contributed by atoms with Gasteiger partial charge in [-0.25, -0.2) is 0 Å². The summed E-state index contributed by atoms with van der Waals surface area (Å²) in [5.41, 5.74) is 8.15. The van der Waals surface area contributed by atoms with Crippen molar-refractivity contribution in [2.45, 2.75) is 6.92 Å². The zero-order chi connectivity index (χ0) is 8.27. The molecule has 0 heterocycles. The number of hydrogen-bond acceptors (Lipinski definition) is 3. The van der Waals surface area contributed by atoms with Crippen molar-refractivity contribution in [3.05, 3.63) is 23.8 Å². The molecule has 0 spiro atoms. The van der Waals surface area contributed by atoms with Crippen LogP contribution in [-0.2, 0) is 0 Å². The molecule has 0 unspecified atom stereocenters. The number of anilines is 1. The highest BCUT2D eigenvalue weighted by molar-refractivity contribution is 5.65. The van der Waals surface area contributed by atoms with E-state index in [-0.39, 0.29) is 0 Å². The summed E-state index contributed by atoms with van der Waals surface area (Å²) >= 11 is 0. The minimum Gasteiger partial charge on any atom is -0.397 e. The summed E-state index contributed by atoms with van der Waals surface area (Å²) in [6, 6.07) is 5.68. The Morgan fingerprint density at radius 1 is 1.36 bits per heavy atom. The van der Waals surface area contributed by atoms with Gasteiger partial charge in [-0.05, 0) is 18.6 Å². The number of nitrogen functional groups attached to an aromatic ring is 1. The van der Waals surface area contributed by atoms with Crippen molar-refractivity contribution in [3.8, 4) is 0 Å². The lowest BCUT2D eigenvalue weighted by molar-refractivity contribution is 1.16. The second-order valence-corrected chi connectivity index (χ2v) is 2.31. The number of nitrogens with zero attached hydrogens (tertiary/aromatic N) is 2. The quantitative estimate of drug-likeness (QED) is 0.483. The van der Waals surface area contributed by atoms with Gasteiger partial charge in [-0.15, -0.1) is 0 Å². The Morgan fingerprint density at radius 3 is 2.64 bits per heavy atom. The van der Waals surface area contributed by atoms with Crippen molar-refractivity contribution in [2.24, 2.45) is 10.2 Å². The molecular weight excluding hydrogens is 138 g/mol. The van der Waals surface area contributed by atoms with Crippen LogP contribution in [0.3, 0.4) is 0 Å². The van der Waals surface area contributed by atoms with E-state index < -0.39 is 0 Å². The van der Waals surface area contributed by atoms with Crippen molar-refractivity contribution in [2.75, 3.05) is 12.8 Å². The molecule has 58 valence electrons. The average molecular weight is 149 g/mol. The molecule has 0 radical (unpaired) electrons. The van der Waals surface area contributed by atoms with Crippen LogP contribution >= 0.6 is 0 Å². The number of azo groups is 1. The molecule has 0 aliphatic carbocycles. The summed E-state index contributed by atoms with van der Waals surface area (Å²) in [7, 11) is 1.63. The van der Waals surface area contributed by atoms with Gasteiger partial charge in [0.15, 0.2) is 0 Å². The maximum atomic E-state index is 5.65. The Hall–Kier alpha value is -1.38. The minimum absolute atomic E-state index is 0.676. The van der Waals surface area contributed by atoms with E-state index in [1.165, 1.54) is 0 Å². The van der Waals surface area contributed by atoms with Gasteiger partial charge in [-0.3, -0.25) is 0 Å². The topological polar surface area (TPSA) is 50.7 Å². The van der Waals surface area contributed by atoms with Crippen molar-refractivity contribution in [1.82, 2.24) is 0 Å². The Balaban J connectivity index is 3.20. The molecule has 0 aliphatic rings. The molecule has 1 rings (SSSR count). The van der Waals surface area contributed by atoms with E-state index in [9.17, 15) is 0 Å². The predicted octanol–water partition coefficient (Wildman–Crippen LogP) is 2.29. The van der Waals surface area contributed by atoms with E-state index in [1.54, 1.807) is 7.05 Å². The van der Waals surface area contributed by atoms with Crippen molar-refractivity contribution in [1.29, 1.82) is 0 Å². The maximum Gasteiger partial charge on any atom is 0.111 e. The average Bonchev–Trinajstić information content (AvgIpc) is 1.97. The number of aryl methyl sites for hydroxylation is 1. The zero-order valence-corrected chi connectivity index (χ0v) is 6.70. The van der Waals surface area contributed by atoms with E-state index in [4.69, 9.17) is 5.73 Å². The van der Waals surface area contributed by atoms with Gasteiger partial charge in [0.1, 0.15) is 5.69 Å². The molecule has 0 fully saturated rings. The third-order valence-corrected chi connectivity index (χ3v) is 1.47. The van der Waals surface area contributed by atoms with Crippen LogP contribution in [-0.4, -0.2) is 7.05 Å². The predicted molar refractivity (Wildman–Crippen MR) is 46.0 cm³/mol. The molecule has 3 heteroatoms. The normalized spacial score (nSPS) is 10.7. The fraction of sp³-hybridized carbons (Fsp3) is 0.250. The molecule has 1 aromatic rings. The molecule has 0 aromatic heterocycles. The van der Waals surface area contributed by atoms with E-state index >= 15 is 0 Å². The summed E-state index contributed by atoms with van der Waals surface area (Å²) in [6.07, 6.45) is 0. The largest absolute Gasteiger partial charge is 0.397 e. The summed E-state index contributed by atoms with van der Waals surface area (Å²) in [5, 5.41) is 7.58. The van der Waals surface area contributed by atoms with Gasteiger partial charge >= 0.3 is 0 Å². The fourth-order valence-corrected chi connectivity index (χ4v) is 0.918. The smallest absolute Gasteiger partial charge is 0.111 e. The Morgan fingerprint density at radius 2 is 2.09 bits per heavy atom. The monoisotopic (exact) mass is 149 g/mol. The number of rotatable bonds is 1. The summed E-state index contributed by atoms with van der Waals surface area (Å²) in [6.45, 7) is 1.96. The Bertz CT molecular complexity index is 258. The third kappa shape index (κ3) is 1.55. The lowest BCUT2D eigenvalue weighted by Gasteiger charge is -2.00. The summed E-state index contributed by atoms with van der Waals surface area (Å²) in [4.78, 5) is 0. The van der Waals surface area contributed by atoms with E-state index in [0.29, 0.717) is 5.69 Å². The van der Waals surface area contributed by atoms with Gasteiger partial charge < -0.3 is 5.73 Å². The Kier molecular flexibility index (Phi) is 2.21. The first kappa shape index (κ1) is 7.72. The Labute approximate surface area is 65.9 Å². The lowest BCUT2D eigenvalue weighted by atomic mass is 10.2. The molecule has 0 aliphatic heterocycles. The third-order valence-electron chi connectivity index (χ3n) is 1.47. The first-order chi connectivity index (χ1) is 5.25. The number of nitrogens with two attached hydrogens (primary N) is 1. The SMILES string of the molecule is C/N=N\c1c(C)cccc1N. The van der Waals surface area contributed by atoms with Crippen molar-refractivity contribution >= 4 is 11.4 Å². The van der Waals surface area contributed by atoms with Gasteiger partial charge in [-0.1, -0.05) is 12.1 Å². The van der Waals surface area contributed by atoms with Crippen LogP contribution < -0.4 is 5.73 Å². The van der Waals surface area contributed by atoms with Crippen LogP contribution in [0, 0.1) is 6.92 Å². The van der Waals surface area contributed by atoms with E-state index in [0.717, 1.165) is 11.3 Å². The van der Waals surface area contributed by atoms with Crippen molar-refractivity contribution < 1.29 is 0 Å². The molecular formula is C8H11N3. The minimum atomic E-state index is 0.676. The van der Waals surface area contributed by atoms with Gasteiger partial charge in [0.05, 0.1) is 5.69 Å². The van der Waals surface area contributed by atoms with Crippen LogP contribution in [0.2, 0.25) is 0 Å². The van der Waals surface area contributed by atoms with Crippen LogP contribution in [0.25, 0.3) is 0 Å². The fourth-order valence-electron chi connectivity index (χ4n) is 0.918. The molecule has 0 atom stereocenters. The van der Waals surface area contributed by atoms with Gasteiger partial charge in [0, 0.05) is 7.05 Å². The molecule has 0 saturated heterocycles. The van der Waals surface area contributed by atoms with Crippen LogP contribution in [0.1, 0.15) is 5.56 Å². The molecule has 2 N–H and O–H groups in total. The standard InChI is InChI=1S/C8H11N3/c1-6-4-3-5-7(9)8(6)11-10-2/h3-5H,9H2,1-2H3/b11-10-. The second-order valence-electron chi connectivity index (χ2n) is 2.31. The molecule has 11 heavy (non-hydrogen) atoms. The van der Waals surface area contributed by atoms with E-state index in [2.05, 4.69) is 10.2 Å². The first-order valence-corrected chi connectivity index (χ1v) is 3.40. The molecule has 1 aromatic carbocycles. The van der Waals surface area contributed by atoms with E-state index in [1.807, 2.05) is 25.1 Å². The number of hydrogen-bond donors (Lipinski definition) is 1. The molecule has 0 amide bonds. The van der Waals surface area contributed by atoms with Crippen LogP contribution in [0.4, 0.5) is 11.4 Å². The highest BCUT2D eigenvalue weighted by Gasteiger charge is 1.98. The van der Waals surface area contributed by atoms with Crippen molar-refractivity contribution in [3.63, 3.8) is 0 Å².